The number of carbonyl (C=O) groups excluding carboxylic acids is 1. The number of carbonyl (C=O) groups is 1. The Morgan fingerprint density at radius 2 is 2.26 bits per heavy atom. The number of hydrogen-bond donors (Lipinski definition) is 1. The van der Waals surface area contributed by atoms with E-state index in [1.54, 1.807) is 6.07 Å². The first kappa shape index (κ1) is 15.4. The van der Waals surface area contributed by atoms with Crippen LogP contribution in [-0.4, -0.2) is 27.8 Å². The largest absolute Gasteiger partial charge is 1.00 e. The van der Waals surface area contributed by atoms with Crippen LogP contribution >= 0.6 is 23.1 Å². The standard InChI is InChI=1S/C11H9N3O2S2.K/c12-5-1-2-6-8(3-5)18-10(13-6)9-14-7(4-17-9)11(15)16;/h1-3,7H,4,12H2,(H,15,16);/q;+1/p-1/t7-;/m1./s1. The Bertz CT molecular complexity index is 671. The van der Waals surface area contributed by atoms with E-state index in [1.165, 1.54) is 23.1 Å². The van der Waals surface area contributed by atoms with Crippen molar-refractivity contribution in [1.29, 1.82) is 0 Å². The van der Waals surface area contributed by atoms with Gasteiger partial charge in [0.1, 0.15) is 16.1 Å². The molecule has 0 saturated heterocycles. The summed E-state index contributed by atoms with van der Waals surface area (Å²) in [6.07, 6.45) is 0. The zero-order valence-corrected chi connectivity index (χ0v) is 14.9. The summed E-state index contributed by atoms with van der Waals surface area (Å²) in [7, 11) is 0. The third-order valence-electron chi connectivity index (χ3n) is 2.52. The molecule has 0 unspecified atom stereocenters. The number of benzene rings is 1. The van der Waals surface area contributed by atoms with Crippen LogP contribution in [0.15, 0.2) is 23.2 Å². The summed E-state index contributed by atoms with van der Waals surface area (Å²) in [5, 5.41) is 12.1. The van der Waals surface area contributed by atoms with Crippen LogP contribution < -0.4 is 62.2 Å². The second-order valence-electron chi connectivity index (χ2n) is 3.83. The van der Waals surface area contributed by atoms with Crippen LogP contribution in [0.3, 0.4) is 0 Å². The number of nitrogen functional groups attached to an aromatic ring is 1. The maximum atomic E-state index is 10.7. The maximum absolute atomic E-state index is 10.7. The Kier molecular flexibility index (Phi) is 5.04. The molecular formula is C11H8KN3O2S2. The van der Waals surface area contributed by atoms with Gasteiger partial charge in [-0.2, -0.15) is 0 Å². The summed E-state index contributed by atoms with van der Waals surface area (Å²) in [5.74, 6) is -0.724. The van der Waals surface area contributed by atoms with Crippen molar-refractivity contribution in [3.8, 4) is 0 Å². The number of anilines is 1. The van der Waals surface area contributed by atoms with Gasteiger partial charge in [-0.1, -0.05) is 0 Å². The van der Waals surface area contributed by atoms with Crippen molar-refractivity contribution in [2.75, 3.05) is 11.5 Å². The van der Waals surface area contributed by atoms with Crippen LogP contribution in [0.2, 0.25) is 0 Å². The zero-order chi connectivity index (χ0) is 12.7. The first-order valence-electron chi connectivity index (χ1n) is 5.21. The third kappa shape index (κ3) is 3.21. The fourth-order valence-electron chi connectivity index (χ4n) is 1.64. The monoisotopic (exact) mass is 317 g/mol. The summed E-state index contributed by atoms with van der Waals surface area (Å²) >= 11 is 2.86. The number of aliphatic carboxylic acids is 1. The van der Waals surface area contributed by atoms with Crippen LogP contribution in [-0.2, 0) is 4.79 Å². The zero-order valence-electron chi connectivity index (χ0n) is 10.1. The number of hydrogen-bond acceptors (Lipinski definition) is 7. The summed E-state index contributed by atoms with van der Waals surface area (Å²) in [4.78, 5) is 19.3. The number of thiazole rings is 1. The normalized spacial score (nSPS) is 18.1. The molecule has 0 bridgehead atoms. The van der Waals surface area contributed by atoms with E-state index < -0.39 is 12.0 Å². The SMILES string of the molecule is Nc1ccc2nc(C3=N[C@@H](C(=O)[O-])CS3)sc2c1.[K+]. The van der Waals surface area contributed by atoms with E-state index in [4.69, 9.17) is 5.73 Å². The van der Waals surface area contributed by atoms with Gasteiger partial charge >= 0.3 is 51.4 Å². The van der Waals surface area contributed by atoms with Gasteiger partial charge in [-0.3, -0.25) is 4.99 Å². The van der Waals surface area contributed by atoms with Crippen molar-refractivity contribution < 1.29 is 61.3 Å². The van der Waals surface area contributed by atoms with Gasteiger partial charge in [0.2, 0.25) is 0 Å². The van der Waals surface area contributed by atoms with Crippen molar-refractivity contribution in [2.45, 2.75) is 6.04 Å². The minimum absolute atomic E-state index is 0. The molecule has 2 heterocycles. The molecule has 0 saturated carbocycles. The molecule has 2 aromatic rings. The molecule has 8 heteroatoms. The molecule has 5 nitrogen and oxygen atoms in total. The predicted molar refractivity (Wildman–Crippen MR) is 71.8 cm³/mol. The summed E-state index contributed by atoms with van der Waals surface area (Å²) in [5.41, 5.74) is 7.24. The number of fused-ring (bicyclic) bond motifs is 1. The van der Waals surface area contributed by atoms with Gasteiger partial charge in [-0.25, -0.2) is 4.98 Å². The smallest absolute Gasteiger partial charge is 0.548 e. The van der Waals surface area contributed by atoms with Gasteiger partial charge in [0, 0.05) is 11.4 Å². The van der Waals surface area contributed by atoms with Crippen molar-refractivity contribution in [2.24, 2.45) is 4.99 Å². The molecule has 3 rings (SSSR count). The first-order valence-corrected chi connectivity index (χ1v) is 7.01. The van der Waals surface area contributed by atoms with Crippen LogP contribution in [0.4, 0.5) is 5.69 Å². The minimum Gasteiger partial charge on any atom is -0.548 e. The molecule has 19 heavy (non-hydrogen) atoms. The summed E-state index contributed by atoms with van der Waals surface area (Å²) in [6.45, 7) is 0. The number of nitrogens with two attached hydrogens (primary N) is 1. The first-order chi connectivity index (χ1) is 8.63. The van der Waals surface area contributed by atoms with E-state index in [1.807, 2.05) is 12.1 Å². The third-order valence-corrected chi connectivity index (χ3v) is 4.73. The second-order valence-corrected chi connectivity index (χ2v) is 5.87. The van der Waals surface area contributed by atoms with Gasteiger partial charge in [-0.05, 0) is 18.2 Å². The average molecular weight is 317 g/mol. The van der Waals surface area contributed by atoms with Crippen LogP contribution in [0.1, 0.15) is 5.01 Å². The Labute approximate surface area is 160 Å². The molecule has 1 aliphatic rings. The summed E-state index contributed by atoms with van der Waals surface area (Å²) < 4.78 is 0.977. The average Bonchev–Trinajstić information content (AvgIpc) is 2.93. The molecule has 1 aliphatic heterocycles. The minimum atomic E-state index is -1.14. The van der Waals surface area contributed by atoms with Crippen molar-refractivity contribution in [3.05, 3.63) is 23.2 Å². The molecule has 0 radical (unpaired) electrons. The van der Waals surface area contributed by atoms with Crippen molar-refractivity contribution in [3.63, 3.8) is 0 Å². The van der Waals surface area contributed by atoms with E-state index in [2.05, 4.69) is 9.98 Å². The van der Waals surface area contributed by atoms with Crippen LogP contribution in [0, 0.1) is 0 Å². The molecule has 0 spiro atoms. The number of rotatable bonds is 2. The molecule has 0 amide bonds. The van der Waals surface area contributed by atoms with Crippen molar-refractivity contribution >= 4 is 50.0 Å². The summed E-state index contributed by atoms with van der Waals surface area (Å²) in [6, 6.07) is 4.73. The Hall–Kier alpha value is 0.0364. The second kappa shape index (κ2) is 6.21. The number of nitrogens with zero attached hydrogens (tertiary/aromatic N) is 2. The van der Waals surface area contributed by atoms with E-state index in [9.17, 15) is 9.90 Å². The quantitative estimate of drug-likeness (QED) is 0.488. The molecule has 1 aromatic carbocycles. The van der Waals surface area contributed by atoms with E-state index in [-0.39, 0.29) is 51.4 Å². The number of carboxylic acids is 1. The molecule has 92 valence electrons. The number of thioether (sulfide) groups is 1. The molecular weight excluding hydrogens is 309 g/mol. The Morgan fingerprint density at radius 1 is 1.47 bits per heavy atom. The van der Waals surface area contributed by atoms with E-state index >= 15 is 0 Å². The topological polar surface area (TPSA) is 91.4 Å². The van der Waals surface area contributed by atoms with Gasteiger partial charge in [0.25, 0.3) is 0 Å². The Morgan fingerprint density at radius 3 is 2.95 bits per heavy atom. The maximum Gasteiger partial charge on any atom is 1.00 e. The number of carboxylic acid groups (broad SMARTS) is 1. The van der Waals surface area contributed by atoms with Gasteiger partial charge < -0.3 is 15.6 Å². The van der Waals surface area contributed by atoms with Crippen LogP contribution in [0.5, 0.6) is 0 Å². The molecule has 1 aromatic heterocycles. The van der Waals surface area contributed by atoms with E-state index in [0.717, 1.165) is 15.2 Å². The van der Waals surface area contributed by atoms with E-state index in [0.29, 0.717) is 16.5 Å². The molecule has 2 N–H and O–H groups in total. The number of aliphatic imine (C=N–C) groups is 1. The number of aromatic nitrogens is 1. The Balaban J connectivity index is 0.00000133. The molecule has 0 fully saturated rings. The van der Waals surface area contributed by atoms with Gasteiger partial charge in [-0.15, -0.1) is 23.1 Å². The molecule has 0 aliphatic carbocycles. The van der Waals surface area contributed by atoms with Gasteiger partial charge in [0.05, 0.1) is 16.2 Å². The fourth-order valence-corrected chi connectivity index (χ4v) is 3.75. The fraction of sp³-hybridized carbons (Fsp3) is 0.182. The molecule has 1 atom stereocenters. The van der Waals surface area contributed by atoms with Crippen LogP contribution in [0.25, 0.3) is 10.2 Å². The predicted octanol–water partition coefficient (Wildman–Crippen LogP) is -2.51. The van der Waals surface area contributed by atoms with Crippen molar-refractivity contribution in [1.82, 2.24) is 4.98 Å². The van der Waals surface area contributed by atoms with Gasteiger partial charge in [0.15, 0.2) is 0 Å².